The van der Waals surface area contributed by atoms with Gasteiger partial charge in [-0.05, 0) is 37.7 Å². The number of amides is 5. The van der Waals surface area contributed by atoms with E-state index >= 15 is 0 Å². The highest BCUT2D eigenvalue weighted by molar-refractivity contribution is 6.07. The first-order valence-electron chi connectivity index (χ1n) is 11.3. The molecule has 0 radical (unpaired) electrons. The van der Waals surface area contributed by atoms with Gasteiger partial charge in [0.15, 0.2) is 0 Å². The van der Waals surface area contributed by atoms with Gasteiger partial charge in [0.2, 0.25) is 11.8 Å². The number of urea groups is 1. The molecule has 8 nitrogen and oxygen atoms in total. The van der Waals surface area contributed by atoms with E-state index in [0.29, 0.717) is 38.8 Å². The van der Waals surface area contributed by atoms with Crippen LogP contribution < -0.4 is 10.6 Å². The Labute approximate surface area is 182 Å². The van der Waals surface area contributed by atoms with E-state index in [-0.39, 0.29) is 30.3 Å². The van der Waals surface area contributed by atoms with E-state index in [1.165, 1.54) is 4.90 Å². The predicted octanol–water partition coefficient (Wildman–Crippen LogP) is 2.11. The van der Waals surface area contributed by atoms with E-state index in [4.69, 9.17) is 0 Å². The molecular weight excluding hydrogens is 396 g/mol. The average Bonchev–Trinajstić information content (AvgIpc) is 3.33. The van der Waals surface area contributed by atoms with Gasteiger partial charge in [-0.25, -0.2) is 4.79 Å². The fraction of sp³-hybridized carbons (Fsp3) is 0.565. The van der Waals surface area contributed by atoms with E-state index in [1.54, 1.807) is 4.90 Å². The van der Waals surface area contributed by atoms with E-state index in [2.05, 4.69) is 10.6 Å². The SMILES string of the molecule is O=C(NCCCN1C(=O)NC2(CCCC2)C1=O)C(c1ccccc1)N1CCCCC1=O. The van der Waals surface area contributed by atoms with E-state index in [1.807, 2.05) is 30.3 Å². The minimum atomic E-state index is -0.701. The number of nitrogens with zero attached hydrogens (tertiary/aromatic N) is 2. The normalized spacial score (nSPS) is 21.5. The molecule has 3 fully saturated rings. The lowest BCUT2D eigenvalue weighted by atomic mass is 9.98. The Morgan fingerprint density at radius 1 is 1.06 bits per heavy atom. The molecule has 1 aliphatic carbocycles. The van der Waals surface area contributed by atoms with Crippen LogP contribution in [0.15, 0.2) is 30.3 Å². The first kappa shape index (κ1) is 21.3. The molecule has 166 valence electrons. The van der Waals surface area contributed by atoms with Crippen LogP contribution in [0.4, 0.5) is 4.79 Å². The summed E-state index contributed by atoms with van der Waals surface area (Å²) in [5, 5.41) is 5.78. The molecule has 5 amide bonds. The molecule has 1 atom stereocenters. The topological polar surface area (TPSA) is 98.8 Å². The first-order chi connectivity index (χ1) is 15.0. The molecule has 2 N–H and O–H groups in total. The zero-order chi connectivity index (χ0) is 21.8. The van der Waals surface area contributed by atoms with Gasteiger partial charge in [0.1, 0.15) is 11.6 Å². The maximum atomic E-state index is 13.1. The van der Waals surface area contributed by atoms with Crippen molar-refractivity contribution >= 4 is 23.8 Å². The van der Waals surface area contributed by atoms with Crippen LogP contribution in [0.25, 0.3) is 0 Å². The number of carbonyl (C=O) groups excluding carboxylic acids is 4. The van der Waals surface area contributed by atoms with Crippen molar-refractivity contribution < 1.29 is 19.2 Å². The van der Waals surface area contributed by atoms with Crippen molar-refractivity contribution in [2.75, 3.05) is 19.6 Å². The summed E-state index contributed by atoms with van der Waals surface area (Å²) < 4.78 is 0. The summed E-state index contributed by atoms with van der Waals surface area (Å²) in [7, 11) is 0. The van der Waals surface area contributed by atoms with Crippen LogP contribution in [0, 0.1) is 0 Å². The third kappa shape index (κ3) is 4.29. The molecule has 1 saturated carbocycles. The Hall–Kier alpha value is -2.90. The van der Waals surface area contributed by atoms with E-state index in [0.717, 1.165) is 31.2 Å². The van der Waals surface area contributed by atoms with E-state index < -0.39 is 11.6 Å². The van der Waals surface area contributed by atoms with Crippen LogP contribution in [0.3, 0.4) is 0 Å². The van der Waals surface area contributed by atoms with Gasteiger partial charge in [0.05, 0.1) is 0 Å². The Balaban J connectivity index is 1.34. The zero-order valence-corrected chi connectivity index (χ0v) is 17.8. The first-order valence-corrected chi connectivity index (χ1v) is 11.3. The molecule has 1 spiro atoms. The van der Waals surface area contributed by atoms with Gasteiger partial charge >= 0.3 is 6.03 Å². The monoisotopic (exact) mass is 426 g/mol. The molecule has 4 rings (SSSR count). The second kappa shape index (κ2) is 9.08. The number of rotatable bonds is 7. The molecule has 1 unspecified atom stereocenters. The maximum absolute atomic E-state index is 13.1. The lowest BCUT2D eigenvalue weighted by molar-refractivity contribution is -0.142. The zero-order valence-electron chi connectivity index (χ0n) is 17.8. The molecule has 2 heterocycles. The Bertz CT molecular complexity index is 850. The van der Waals surface area contributed by atoms with Crippen LogP contribution >= 0.6 is 0 Å². The second-order valence-corrected chi connectivity index (χ2v) is 8.68. The number of nitrogens with one attached hydrogen (secondary N) is 2. The molecular formula is C23H30N4O4. The van der Waals surface area contributed by atoms with Gasteiger partial charge in [-0.15, -0.1) is 0 Å². The summed E-state index contributed by atoms with van der Waals surface area (Å²) >= 11 is 0. The number of hydrogen-bond acceptors (Lipinski definition) is 4. The molecule has 1 aromatic rings. The minimum Gasteiger partial charge on any atom is -0.354 e. The van der Waals surface area contributed by atoms with Crippen LogP contribution in [0.1, 0.15) is 63.0 Å². The third-order valence-electron chi connectivity index (χ3n) is 6.60. The van der Waals surface area contributed by atoms with Crippen LogP contribution in [-0.4, -0.2) is 58.7 Å². The third-order valence-corrected chi connectivity index (χ3v) is 6.60. The summed E-state index contributed by atoms with van der Waals surface area (Å²) in [6.45, 7) is 1.16. The molecule has 2 saturated heterocycles. The quantitative estimate of drug-likeness (QED) is 0.515. The largest absolute Gasteiger partial charge is 0.354 e. The van der Waals surface area contributed by atoms with Gasteiger partial charge < -0.3 is 15.5 Å². The fourth-order valence-corrected chi connectivity index (χ4v) is 4.95. The van der Waals surface area contributed by atoms with Crippen molar-refractivity contribution in [3.63, 3.8) is 0 Å². The van der Waals surface area contributed by atoms with Gasteiger partial charge in [0, 0.05) is 26.1 Å². The summed E-state index contributed by atoms with van der Waals surface area (Å²) in [6.07, 6.45) is 5.97. The molecule has 2 aliphatic heterocycles. The van der Waals surface area contributed by atoms with Gasteiger partial charge in [-0.3, -0.25) is 19.3 Å². The summed E-state index contributed by atoms with van der Waals surface area (Å²) in [5.74, 6) is -0.371. The summed E-state index contributed by atoms with van der Waals surface area (Å²) in [6, 6.07) is 8.33. The number of likely N-dealkylation sites (tertiary alicyclic amines) is 1. The standard InChI is InChI=1S/C23H30N4O4/c28-18-11-4-7-15-26(18)19(17-9-2-1-3-10-17)20(29)24-14-8-16-27-21(30)23(25-22(27)31)12-5-6-13-23/h1-3,9-10,19H,4-8,11-16H2,(H,24,29)(H,25,31). The predicted molar refractivity (Wildman–Crippen MR) is 114 cm³/mol. The average molecular weight is 427 g/mol. The van der Waals surface area contributed by atoms with Crippen molar-refractivity contribution in [1.29, 1.82) is 0 Å². The number of hydrogen-bond donors (Lipinski definition) is 2. The molecule has 31 heavy (non-hydrogen) atoms. The van der Waals surface area contributed by atoms with Crippen LogP contribution in [0.5, 0.6) is 0 Å². The smallest absolute Gasteiger partial charge is 0.325 e. The van der Waals surface area contributed by atoms with Crippen molar-refractivity contribution in [3.8, 4) is 0 Å². The van der Waals surface area contributed by atoms with Crippen molar-refractivity contribution in [2.45, 2.75) is 62.9 Å². The Morgan fingerprint density at radius 3 is 2.52 bits per heavy atom. The highest BCUT2D eigenvalue weighted by Crippen LogP contribution is 2.35. The Kier molecular flexibility index (Phi) is 6.25. The van der Waals surface area contributed by atoms with Crippen molar-refractivity contribution in [1.82, 2.24) is 20.4 Å². The highest BCUT2D eigenvalue weighted by Gasteiger charge is 2.52. The lowest BCUT2D eigenvalue weighted by Crippen LogP contribution is -2.46. The fourth-order valence-electron chi connectivity index (χ4n) is 4.95. The molecule has 8 heteroatoms. The molecule has 0 aromatic heterocycles. The van der Waals surface area contributed by atoms with Gasteiger partial charge in [-0.2, -0.15) is 0 Å². The summed E-state index contributed by atoms with van der Waals surface area (Å²) in [4.78, 5) is 53.4. The molecule has 1 aromatic carbocycles. The number of carbonyl (C=O) groups is 4. The Morgan fingerprint density at radius 2 is 1.81 bits per heavy atom. The van der Waals surface area contributed by atoms with Gasteiger partial charge in [-0.1, -0.05) is 43.2 Å². The number of imide groups is 1. The summed E-state index contributed by atoms with van der Waals surface area (Å²) in [5.41, 5.74) is 0.0837. The lowest BCUT2D eigenvalue weighted by Gasteiger charge is -2.34. The number of benzene rings is 1. The highest BCUT2D eigenvalue weighted by atomic mass is 16.2. The molecule has 0 bridgehead atoms. The van der Waals surface area contributed by atoms with Gasteiger partial charge in [0.25, 0.3) is 5.91 Å². The number of piperidine rings is 1. The van der Waals surface area contributed by atoms with Crippen molar-refractivity contribution in [2.24, 2.45) is 0 Å². The van der Waals surface area contributed by atoms with Crippen LogP contribution in [-0.2, 0) is 14.4 Å². The van der Waals surface area contributed by atoms with Crippen LogP contribution in [0.2, 0.25) is 0 Å². The van der Waals surface area contributed by atoms with Crippen molar-refractivity contribution in [3.05, 3.63) is 35.9 Å². The minimum absolute atomic E-state index is 0.00329. The van der Waals surface area contributed by atoms with E-state index in [9.17, 15) is 19.2 Å². The second-order valence-electron chi connectivity index (χ2n) is 8.68. The molecule has 3 aliphatic rings. The maximum Gasteiger partial charge on any atom is 0.325 e.